The molecule has 2 aromatic rings. The lowest BCUT2D eigenvalue weighted by Gasteiger charge is -2.09. The van der Waals surface area contributed by atoms with Crippen molar-refractivity contribution in [2.24, 2.45) is 0 Å². The highest BCUT2D eigenvalue weighted by molar-refractivity contribution is 9.10. The minimum absolute atomic E-state index is 0.112. The summed E-state index contributed by atoms with van der Waals surface area (Å²) >= 11 is 15.2. The first-order valence-corrected chi connectivity index (χ1v) is 7.23. The van der Waals surface area contributed by atoms with Gasteiger partial charge in [0.05, 0.1) is 15.7 Å². The zero-order chi connectivity index (χ0) is 14.5. The molecule has 0 saturated carbocycles. The van der Waals surface area contributed by atoms with Crippen molar-refractivity contribution in [3.8, 4) is 5.75 Å². The molecule has 0 aliphatic heterocycles. The van der Waals surface area contributed by atoms with Crippen LogP contribution >= 0.6 is 39.1 Å². The van der Waals surface area contributed by atoms with E-state index in [9.17, 15) is 4.79 Å². The lowest BCUT2D eigenvalue weighted by atomic mass is 10.3. The normalized spacial score (nSPS) is 10.2. The third-order valence-electron chi connectivity index (χ3n) is 2.39. The summed E-state index contributed by atoms with van der Waals surface area (Å²) < 4.78 is 6.26. The Hall–Kier alpha value is -1.23. The molecule has 20 heavy (non-hydrogen) atoms. The van der Waals surface area contributed by atoms with Crippen molar-refractivity contribution in [1.82, 2.24) is 0 Å². The molecule has 0 atom stereocenters. The number of benzene rings is 2. The van der Waals surface area contributed by atoms with Gasteiger partial charge in [-0.2, -0.15) is 0 Å². The van der Waals surface area contributed by atoms with Crippen LogP contribution in [0.1, 0.15) is 0 Å². The van der Waals surface area contributed by atoms with Crippen LogP contribution < -0.4 is 10.1 Å². The lowest BCUT2D eigenvalue weighted by Crippen LogP contribution is -2.20. The van der Waals surface area contributed by atoms with Gasteiger partial charge in [0.2, 0.25) is 0 Å². The Bertz CT molecular complexity index is 634. The monoisotopic (exact) mass is 373 g/mol. The number of ether oxygens (including phenoxy) is 1. The van der Waals surface area contributed by atoms with Gasteiger partial charge >= 0.3 is 0 Å². The molecule has 2 aromatic carbocycles. The first-order valence-electron chi connectivity index (χ1n) is 5.68. The smallest absolute Gasteiger partial charge is 0.262 e. The molecule has 1 N–H and O–H groups in total. The molecule has 2 rings (SSSR count). The van der Waals surface area contributed by atoms with Gasteiger partial charge in [-0.25, -0.2) is 0 Å². The van der Waals surface area contributed by atoms with E-state index >= 15 is 0 Å². The van der Waals surface area contributed by atoms with Crippen LogP contribution in [0.5, 0.6) is 5.75 Å². The fraction of sp³-hybridized carbons (Fsp3) is 0.0714. The first kappa shape index (κ1) is 15.2. The zero-order valence-electron chi connectivity index (χ0n) is 10.2. The van der Waals surface area contributed by atoms with Gasteiger partial charge in [0.1, 0.15) is 5.75 Å². The molecule has 0 radical (unpaired) electrons. The minimum Gasteiger partial charge on any atom is -0.484 e. The highest BCUT2D eigenvalue weighted by atomic mass is 79.9. The second kappa shape index (κ2) is 6.97. The molecule has 0 spiro atoms. The molecule has 3 nitrogen and oxygen atoms in total. The van der Waals surface area contributed by atoms with Crippen molar-refractivity contribution in [2.45, 2.75) is 0 Å². The van der Waals surface area contributed by atoms with E-state index < -0.39 is 0 Å². The van der Waals surface area contributed by atoms with Crippen molar-refractivity contribution < 1.29 is 9.53 Å². The van der Waals surface area contributed by atoms with Gasteiger partial charge in [0.25, 0.3) is 5.91 Å². The number of carbonyl (C=O) groups is 1. The van der Waals surface area contributed by atoms with Crippen LogP contribution in [-0.4, -0.2) is 12.5 Å². The molecule has 104 valence electrons. The number of carbonyl (C=O) groups excluding carboxylic acids is 1. The van der Waals surface area contributed by atoms with E-state index in [-0.39, 0.29) is 12.5 Å². The maximum atomic E-state index is 11.8. The molecule has 0 fully saturated rings. The van der Waals surface area contributed by atoms with Gasteiger partial charge in [0.15, 0.2) is 6.61 Å². The number of hydrogen-bond donors (Lipinski definition) is 1. The van der Waals surface area contributed by atoms with Crippen molar-refractivity contribution in [3.05, 3.63) is 57.0 Å². The van der Waals surface area contributed by atoms with Crippen LogP contribution in [0.2, 0.25) is 10.0 Å². The third kappa shape index (κ3) is 4.13. The van der Waals surface area contributed by atoms with Crippen LogP contribution in [0.3, 0.4) is 0 Å². The van der Waals surface area contributed by atoms with Gasteiger partial charge in [-0.3, -0.25) is 4.79 Å². The average Bonchev–Trinajstić information content (AvgIpc) is 2.42. The molecule has 0 aromatic heterocycles. The summed E-state index contributed by atoms with van der Waals surface area (Å²) in [5.74, 6) is 0.292. The maximum absolute atomic E-state index is 11.8. The second-order valence-corrected chi connectivity index (χ2v) is 5.60. The average molecular weight is 375 g/mol. The number of anilines is 1. The summed E-state index contributed by atoms with van der Waals surface area (Å²) in [4.78, 5) is 11.8. The summed E-state index contributed by atoms with van der Waals surface area (Å²) in [6.45, 7) is -0.112. The molecule has 0 aliphatic rings. The van der Waals surface area contributed by atoms with Gasteiger partial charge in [-0.05, 0) is 30.3 Å². The molecule has 1 amide bonds. The molecule has 6 heteroatoms. The second-order valence-electron chi connectivity index (χ2n) is 3.90. The molecule has 0 unspecified atom stereocenters. The minimum atomic E-state index is -0.311. The maximum Gasteiger partial charge on any atom is 0.262 e. The van der Waals surface area contributed by atoms with Crippen LogP contribution in [0.4, 0.5) is 5.69 Å². The lowest BCUT2D eigenvalue weighted by molar-refractivity contribution is -0.118. The van der Waals surface area contributed by atoms with Crippen molar-refractivity contribution in [3.63, 3.8) is 0 Å². The van der Waals surface area contributed by atoms with Crippen molar-refractivity contribution in [2.75, 3.05) is 11.9 Å². The fourth-order valence-corrected chi connectivity index (χ4v) is 2.22. The SMILES string of the molecule is O=C(COc1cccc(Br)c1)Nc1cccc(Cl)c1Cl. The Morgan fingerprint density at radius 3 is 2.70 bits per heavy atom. The number of amides is 1. The van der Waals surface area contributed by atoms with Crippen molar-refractivity contribution in [1.29, 1.82) is 0 Å². The number of rotatable bonds is 4. The Kier molecular flexibility index (Phi) is 5.29. The third-order valence-corrected chi connectivity index (χ3v) is 3.70. The van der Waals surface area contributed by atoms with Crippen molar-refractivity contribution >= 4 is 50.7 Å². The predicted molar refractivity (Wildman–Crippen MR) is 84.7 cm³/mol. The van der Waals surface area contributed by atoms with Crippen LogP contribution in [-0.2, 0) is 4.79 Å². The Morgan fingerprint density at radius 2 is 1.95 bits per heavy atom. The zero-order valence-corrected chi connectivity index (χ0v) is 13.3. The van der Waals surface area contributed by atoms with E-state index in [0.29, 0.717) is 21.5 Å². The van der Waals surface area contributed by atoms with E-state index in [1.165, 1.54) is 0 Å². The van der Waals surface area contributed by atoms with Crippen LogP contribution in [0.15, 0.2) is 46.9 Å². The van der Waals surface area contributed by atoms with Gasteiger partial charge in [0, 0.05) is 4.47 Å². The highest BCUT2D eigenvalue weighted by Crippen LogP contribution is 2.29. The summed E-state index contributed by atoms with van der Waals surface area (Å²) in [6, 6.07) is 12.3. The summed E-state index contributed by atoms with van der Waals surface area (Å²) in [7, 11) is 0. The Labute approximate surface area is 135 Å². The molecule has 0 bridgehead atoms. The van der Waals surface area contributed by atoms with E-state index in [4.69, 9.17) is 27.9 Å². The quantitative estimate of drug-likeness (QED) is 0.836. The van der Waals surface area contributed by atoms with E-state index in [1.807, 2.05) is 12.1 Å². The number of halogens is 3. The predicted octanol–water partition coefficient (Wildman–Crippen LogP) is 4.77. The molecule has 0 heterocycles. The van der Waals surface area contributed by atoms with Crippen LogP contribution in [0, 0.1) is 0 Å². The Balaban J connectivity index is 1.94. The van der Waals surface area contributed by atoms with E-state index in [1.54, 1.807) is 30.3 Å². The topological polar surface area (TPSA) is 38.3 Å². The van der Waals surface area contributed by atoms with Gasteiger partial charge < -0.3 is 10.1 Å². The molecule has 0 saturated heterocycles. The fourth-order valence-electron chi connectivity index (χ4n) is 1.49. The number of hydrogen-bond acceptors (Lipinski definition) is 2. The van der Waals surface area contributed by atoms with E-state index in [2.05, 4.69) is 21.2 Å². The van der Waals surface area contributed by atoms with Gasteiger partial charge in [-0.1, -0.05) is 51.3 Å². The van der Waals surface area contributed by atoms with E-state index in [0.717, 1.165) is 4.47 Å². The van der Waals surface area contributed by atoms with Gasteiger partial charge in [-0.15, -0.1) is 0 Å². The molecular formula is C14H10BrCl2NO2. The highest BCUT2D eigenvalue weighted by Gasteiger charge is 2.08. The van der Waals surface area contributed by atoms with Crippen LogP contribution in [0.25, 0.3) is 0 Å². The molecular weight excluding hydrogens is 365 g/mol. The summed E-state index contributed by atoms with van der Waals surface area (Å²) in [6.07, 6.45) is 0. The summed E-state index contributed by atoms with van der Waals surface area (Å²) in [5.41, 5.74) is 0.460. The number of nitrogens with one attached hydrogen (secondary N) is 1. The molecule has 0 aliphatic carbocycles. The largest absolute Gasteiger partial charge is 0.484 e. The first-order chi connectivity index (χ1) is 9.56. The summed E-state index contributed by atoms with van der Waals surface area (Å²) in [5, 5.41) is 3.34. The standard InChI is InChI=1S/C14H10BrCl2NO2/c15-9-3-1-4-10(7-9)20-8-13(19)18-12-6-2-5-11(16)14(12)17/h1-7H,8H2,(H,18,19). The Morgan fingerprint density at radius 1 is 1.20 bits per heavy atom.